The predicted octanol–water partition coefficient (Wildman–Crippen LogP) is 2.15. The number of carbonyl (C=O) groups is 1. The van der Waals surface area contributed by atoms with Crippen LogP contribution in [0.1, 0.15) is 11.1 Å². The third-order valence-electron chi connectivity index (χ3n) is 3.30. The van der Waals surface area contributed by atoms with Gasteiger partial charge in [0.1, 0.15) is 12.4 Å². The van der Waals surface area contributed by atoms with Crippen molar-refractivity contribution in [2.24, 2.45) is 5.92 Å². The van der Waals surface area contributed by atoms with E-state index >= 15 is 0 Å². The van der Waals surface area contributed by atoms with Crippen molar-refractivity contribution in [3.05, 3.63) is 54.0 Å². The van der Waals surface area contributed by atoms with E-state index in [9.17, 15) is 4.79 Å². The second-order valence-corrected chi connectivity index (χ2v) is 4.67. The highest BCUT2D eigenvalue weighted by molar-refractivity contribution is 5.79. The lowest BCUT2D eigenvalue weighted by molar-refractivity contribution is -0.126. The molecule has 0 unspecified atom stereocenters. The average Bonchev–Trinajstić information content (AvgIpc) is 2.97. The Morgan fingerprint density at radius 3 is 3.05 bits per heavy atom. The van der Waals surface area contributed by atoms with E-state index in [1.807, 2.05) is 30.3 Å². The predicted molar refractivity (Wildman–Crippen MR) is 69.7 cm³/mol. The summed E-state index contributed by atoms with van der Waals surface area (Å²) >= 11 is 0. The topological polar surface area (TPSA) is 51.5 Å². The molecule has 0 aliphatic carbocycles. The van der Waals surface area contributed by atoms with E-state index < -0.39 is 0 Å². The van der Waals surface area contributed by atoms with Crippen molar-refractivity contribution >= 4 is 5.91 Å². The van der Waals surface area contributed by atoms with E-state index in [0.717, 1.165) is 23.3 Å². The molecule has 0 saturated heterocycles. The molecule has 0 saturated carbocycles. The van der Waals surface area contributed by atoms with E-state index in [4.69, 9.17) is 9.15 Å². The van der Waals surface area contributed by atoms with Crippen LogP contribution in [0, 0.1) is 5.92 Å². The van der Waals surface area contributed by atoms with Crippen LogP contribution in [0.3, 0.4) is 0 Å². The first kappa shape index (κ1) is 11.8. The molecule has 1 aliphatic heterocycles. The Morgan fingerprint density at radius 1 is 1.32 bits per heavy atom. The second-order valence-electron chi connectivity index (χ2n) is 4.67. The molecule has 1 N–H and O–H groups in total. The van der Waals surface area contributed by atoms with Crippen molar-refractivity contribution in [1.82, 2.24) is 5.32 Å². The van der Waals surface area contributed by atoms with Gasteiger partial charge in [-0.1, -0.05) is 18.2 Å². The van der Waals surface area contributed by atoms with Gasteiger partial charge in [-0.05, 0) is 24.1 Å². The minimum atomic E-state index is -0.123. The fourth-order valence-corrected chi connectivity index (χ4v) is 2.22. The summed E-state index contributed by atoms with van der Waals surface area (Å²) in [5.41, 5.74) is 2.06. The number of furan rings is 1. The molecule has 1 aromatic heterocycles. The number of amides is 1. The Labute approximate surface area is 111 Å². The Kier molecular flexibility index (Phi) is 3.23. The summed E-state index contributed by atoms with van der Waals surface area (Å²) in [6.45, 7) is 0.932. The normalized spacial score (nSPS) is 17.4. The zero-order valence-electron chi connectivity index (χ0n) is 10.5. The summed E-state index contributed by atoms with van der Waals surface area (Å²) in [4.78, 5) is 12.1. The van der Waals surface area contributed by atoms with Gasteiger partial charge in [0.25, 0.3) is 0 Å². The van der Waals surface area contributed by atoms with Gasteiger partial charge in [0.05, 0.1) is 18.4 Å². The molecule has 19 heavy (non-hydrogen) atoms. The second kappa shape index (κ2) is 5.18. The monoisotopic (exact) mass is 257 g/mol. The third kappa shape index (κ3) is 2.62. The van der Waals surface area contributed by atoms with Crippen LogP contribution in [0.15, 0.2) is 47.3 Å². The Morgan fingerprint density at radius 2 is 2.21 bits per heavy atom. The van der Waals surface area contributed by atoms with Gasteiger partial charge in [-0.2, -0.15) is 0 Å². The molecule has 4 nitrogen and oxygen atoms in total. The molecule has 0 bridgehead atoms. The number of ether oxygens (including phenoxy) is 1. The number of fused-ring (bicyclic) bond motifs is 1. The van der Waals surface area contributed by atoms with Gasteiger partial charge < -0.3 is 14.5 Å². The van der Waals surface area contributed by atoms with Gasteiger partial charge in [0, 0.05) is 12.1 Å². The van der Waals surface area contributed by atoms with Crippen molar-refractivity contribution in [2.75, 3.05) is 6.61 Å². The maximum Gasteiger partial charge on any atom is 0.227 e. The third-order valence-corrected chi connectivity index (χ3v) is 3.30. The van der Waals surface area contributed by atoms with Gasteiger partial charge in [0.15, 0.2) is 0 Å². The Hall–Kier alpha value is -2.23. The van der Waals surface area contributed by atoms with Crippen LogP contribution in [0.5, 0.6) is 5.75 Å². The van der Waals surface area contributed by atoms with Gasteiger partial charge in [0.2, 0.25) is 5.91 Å². The van der Waals surface area contributed by atoms with Gasteiger partial charge >= 0.3 is 0 Å². The molecule has 1 aliphatic rings. The molecular weight excluding hydrogens is 242 g/mol. The maximum atomic E-state index is 12.1. The fourth-order valence-electron chi connectivity index (χ4n) is 2.22. The molecule has 98 valence electrons. The van der Waals surface area contributed by atoms with Crippen LogP contribution in [-0.2, 0) is 17.8 Å². The Balaban J connectivity index is 1.60. The summed E-state index contributed by atoms with van der Waals surface area (Å²) in [5, 5.41) is 2.91. The number of rotatable bonds is 3. The van der Waals surface area contributed by atoms with E-state index in [1.54, 1.807) is 12.5 Å². The quantitative estimate of drug-likeness (QED) is 0.916. The first-order chi connectivity index (χ1) is 9.33. The first-order valence-corrected chi connectivity index (χ1v) is 6.32. The minimum Gasteiger partial charge on any atom is -0.492 e. The van der Waals surface area contributed by atoms with Crippen molar-refractivity contribution in [1.29, 1.82) is 0 Å². The van der Waals surface area contributed by atoms with Gasteiger partial charge in [-0.3, -0.25) is 4.79 Å². The molecule has 4 heteroatoms. The van der Waals surface area contributed by atoms with Crippen LogP contribution in [0.25, 0.3) is 0 Å². The number of benzene rings is 1. The van der Waals surface area contributed by atoms with Crippen LogP contribution in [-0.4, -0.2) is 12.5 Å². The highest BCUT2D eigenvalue weighted by Crippen LogP contribution is 2.26. The highest BCUT2D eigenvalue weighted by Gasteiger charge is 2.25. The fraction of sp³-hybridized carbons (Fsp3) is 0.267. The standard InChI is InChI=1S/C15H15NO3/c17-15(16-8-11-5-6-18-9-11)13-7-12-3-1-2-4-14(12)19-10-13/h1-6,9,13H,7-8,10H2,(H,16,17)/t13-/m1/s1. The van der Waals surface area contributed by atoms with Crippen LogP contribution in [0.4, 0.5) is 0 Å². The molecule has 2 aromatic rings. The lowest BCUT2D eigenvalue weighted by Crippen LogP contribution is -2.36. The number of hydrogen-bond donors (Lipinski definition) is 1. The summed E-state index contributed by atoms with van der Waals surface area (Å²) < 4.78 is 10.6. The zero-order chi connectivity index (χ0) is 13.1. The van der Waals surface area contributed by atoms with E-state index in [0.29, 0.717) is 13.2 Å². The smallest absolute Gasteiger partial charge is 0.227 e. The summed E-state index contributed by atoms with van der Waals surface area (Å²) in [6.07, 6.45) is 3.96. The van der Waals surface area contributed by atoms with Crippen LogP contribution in [0.2, 0.25) is 0 Å². The largest absolute Gasteiger partial charge is 0.492 e. The Bertz CT molecular complexity index is 563. The van der Waals surface area contributed by atoms with Crippen molar-refractivity contribution in [3.63, 3.8) is 0 Å². The summed E-state index contributed by atoms with van der Waals surface area (Å²) in [6, 6.07) is 9.69. The van der Waals surface area contributed by atoms with Crippen molar-refractivity contribution in [2.45, 2.75) is 13.0 Å². The maximum absolute atomic E-state index is 12.1. The van der Waals surface area contributed by atoms with Crippen LogP contribution < -0.4 is 10.1 Å². The SMILES string of the molecule is O=C(NCc1ccoc1)[C@H]1COc2ccccc2C1. The van der Waals surface area contributed by atoms with Crippen molar-refractivity contribution in [3.8, 4) is 5.75 Å². The van der Waals surface area contributed by atoms with Crippen LogP contribution >= 0.6 is 0 Å². The summed E-state index contributed by atoms with van der Waals surface area (Å²) in [7, 11) is 0. The zero-order valence-corrected chi connectivity index (χ0v) is 10.5. The van der Waals surface area contributed by atoms with Gasteiger partial charge in [-0.25, -0.2) is 0 Å². The average molecular weight is 257 g/mol. The highest BCUT2D eigenvalue weighted by atomic mass is 16.5. The first-order valence-electron chi connectivity index (χ1n) is 6.32. The molecule has 0 radical (unpaired) electrons. The number of carbonyl (C=O) groups excluding carboxylic acids is 1. The molecule has 1 aromatic carbocycles. The molecule has 2 heterocycles. The molecule has 3 rings (SSSR count). The number of nitrogens with one attached hydrogen (secondary N) is 1. The molecule has 0 fully saturated rings. The lowest BCUT2D eigenvalue weighted by atomic mass is 9.96. The lowest BCUT2D eigenvalue weighted by Gasteiger charge is -2.24. The molecule has 1 atom stereocenters. The van der Waals surface area contributed by atoms with Crippen molar-refractivity contribution < 1.29 is 13.9 Å². The molecular formula is C15H15NO3. The van der Waals surface area contributed by atoms with E-state index in [1.165, 1.54) is 0 Å². The van der Waals surface area contributed by atoms with E-state index in [2.05, 4.69) is 5.32 Å². The molecule has 0 spiro atoms. The summed E-state index contributed by atoms with van der Waals surface area (Å²) in [5.74, 6) is 0.791. The van der Waals surface area contributed by atoms with E-state index in [-0.39, 0.29) is 11.8 Å². The minimum absolute atomic E-state index is 0.0238. The number of para-hydroxylation sites is 1. The molecule has 1 amide bonds. The number of hydrogen-bond acceptors (Lipinski definition) is 3. The van der Waals surface area contributed by atoms with Gasteiger partial charge in [-0.15, -0.1) is 0 Å².